The van der Waals surface area contributed by atoms with Gasteiger partial charge in [-0.3, -0.25) is 9.59 Å². The maximum atomic E-state index is 13.6. The van der Waals surface area contributed by atoms with Gasteiger partial charge in [-0.05, 0) is 25.8 Å². The molecule has 19 heavy (non-hydrogen) atoms. The van der Waals surface area contributed by atoms with Crippen LogP contribution < -0.4 is 0 Å². The second-order valence-corrected chi connectivity index (χ2v) is 4.85. The summed E-state index contributed by atoms with van der Waals surface area (Å²) in [4.78, 5) is 24.5. The molecular weight excluding hydrogens is 249 g/mol. The smallest absolute Gasteiger partial charge is 0.315 e. The van der Waals surface area contributed by atoms with Gasteiger partial charge in [0.05, 0.1) is 0 Å². The molecular formula is C14H16FNO3. The number of carboxylic acids is 1. The molecule has 0 aliphatic heterocycles. The lowest BCUT2D eigenvalue weighted by Gasteiger charge is -2.24. The molecule has 0 bridgehead atoms. The molecule has 1 aromatic carbocycles. The van der Waals surface area contributed by atoms with Crippen LogP contribution in [0.3, 0.4) is 0 Å². The average molecular weight is 265 g/mol. The Labute approximate surface area is 110 Å². The zero-order valence-electron chi connectivity index (χ0n) is 10.7. The molecule has 1 amide bonds. The first-order valence-corrected chi connectivity index (χ1v) is 6.27. The van der Waals surface area contributed by atoms with Gasteiger partial charge in [0.1, 0.15) is 11.7 Å². The Morgan fingerprint density at radius 2 is 2.05 bits per heavy atom. The van der Waals surface area contributed by atoms with Crippen LogP contribution in [-0.2, 0) is 16.1 Å². The molecule has 1 saturated carbocycles. The molecule has 102 valence electrons. The monoisotopic (exact) mass is 265 g/mol. The highest BCUT2D eigenvalue weighted by Gasteiger charge is 2.36. The zero-order valence-corrected chi connectivity index (χ0v) is 10.7. The summed E-state index contributed by atoms with van der Waals surface area (Å²) in [7, 11) is 0. The summed E-state index contributed by atoms with van der Waals surface area (Å²) >= 11 is 0. The predicted octanol–water partition coefficient (Wildman–Crippen LogP) is 2.04. The van der Waals surface area contributed by atoms with E-state index in [1.807, 2.05) is 0 Å². The van der Waals surface area contributed by atoms with E-state index >= 15 is 0 Å². The van der Waals surface area contributed by atoms with E-state index < -0.39 is 17.8 Å². The summed E-state index contributed by atoms with van der Waals surface area (Å²) in [5.74, 6) is -3.06. The fraction of sp³-hybridized carbons (Fsp3) is 0.429. The van der Waals surface area contributed by atoms with Crippen LogP contribution in [0.1, 0.15) is 25.3 Å². The van der Waals surface area contributed by atoms with Crippen LogP contribution in [0.25, 0.3) is 0 Å². The Balaban J connectivity index is 2.15. The number of aliphatic carboxylic acids is 1. The van der Waals surface area contributed by atoms with E-state index in [2.05, 4.69) is 0 Å². The van der Waals surface area contributed by atoms with Crippen LogP contribution in [0, 0.1) is 11.7 Å². The normalized spacial score (nSPS) is 15.9. The van der Waals surface area contributed by atoms with Crippen molar-refractivity contribution in [2.75, 3.05) is 0 Å². The summed E-state index contributed by atoms with van der Waals surface area (Å²) in [6.45, 7) is 1.50. The van der Waals surface area contributed by atoms with Crippen molar-refractivity contribution in [3.8, 4) is 0 Å². The summed E-state index contributed by atoms with van der Waals surface area (Å²) in [6, 6.07) is 6.29. The number of amides is 1. The maximum Gasteiger partial charge on any atom is 0.315 e. The minimum atomic E-state index is -1.15. The van der Waals surface area contributed by atoms with Gasteiger partial charge in [0, 0.05) is 18.2 Å². The van der Waals surface area contributed by atoms with Gasteiger partial charge in [0.2, 0.25) is 5.91 Å². The van der Waals surface area contributed by atoms with Gasteiger partial charge in [0.25, 0.3) is 0 Å². The van der Waals surface area contributed by atoms with E-state index in [1.165, 1.54) is 17.9 Å². The lowest BCUT2D eigenvalue weighted by Crippen LogP contribution is -2.39. The van der Waals surface area contributed by atoms with E-state index in [4.69, 9.17) is 5.11 Å². The third-order valence-electron chi connectivity index (χ3n) is 3.31. The molecule has 0 heterocycles. The number of halogens is 1. The molecule has 1 N–H and O–H groups in total. The lowest BCUT2D eigenvalue weighted by atomic mass is 10.1. The Kier molecular flexibility index (Phi) is 3.83. The zero-order chi connectivity index (χ0) is 14.0. The van der Waals surface area contributed by atoms with E-state index in [0.29, 0.717) is 5.56 Å². The largest absolute Gasteiger partial charge is 0.481 e. The first kappa shape index (κ1) is 13.5. The Hall–Kier alpha value is -1.91. The predicted molar refractivity (Wildman–Crippen MR) is 66.8 cm³/mol. The second-order valence-electron chi connectivity index (χ2n) is 4.85. The molecule has 1 aliphatic rings. The highest BCUT2D eigenvalue weighted by atomic mass is 19.1. The van der Waals surface area contributed by atoms with Crippen molar-refractivity contribution >= 4 is 11.9 Å². The van der Waals surface area contributed by atoms with E-state index in [-0.39, 0.29) is 18.4 Å². The molecule has 5 heteroatoms. The van der Waals surface area contributed by atoms with Crippen LogP contribution in [0.2, 0.25) is 0 Å². The van der Waals surface area contributed by atoms with Crippen molar-refractivity contribution in [2.24, 2.45) is 5.92 Å². The van der Waals surface area contributed by atoms with Gasteiger partial charge < -0.3 is 10.0 Å². The molecule has 0 aromatic heterocycles. The van der Waals surface area contributed by atoms with Crippen LogP contribution in [0.5, 0.6) is 0 Å². The quantitative estimate of drug-likeness (QED) is 0.829. The first-order valence-electron chi connectivity index (χ1n) is 6.27. The van der Waals surface area contributed by atoms with Crippen LogP contribution in [0.4, 0.5) is 4.39 Å². The third-order valence-corrected chi connectivity index (χ3v) is 3.31. The topological polar surface area (TPSA) is 57.6 Å². The molecule has 1 aromatic rings. The number of hydrogen-bond acceptors (Lipinski definition) is 2. The minimum absolute atomic E-state index is 0.0499. The second kappa shape index (κ2) is 5.38. The Bertz CT molecular complexity index is 499. The number of hydrogen-bond donors (Lipinski definition) is 1. The van der Waals surface area contributed by atoms with Crippen molar-refractivity contribution < 1.29 is 19.1 Å². The molecule has 2 rings (SSSR count). The van der Waals surface area contributed by atoms with Crippen molar-refractivity contribution in [1.29, 1.82) is 0 Å². The Morgan fingerprint density at radius 1 is 1.42 bits per heavy atom. The number of benzene rings is 1. The fourth-order valence-corrected chi connectivity index (χ4v) is 1.94. The minimum Gasteiger partial charge on any atom is -0.481 e. The summed E-state index contributed by atoms with van der Waals surface area (Å²) < 4.78 is 13.6. The number of carbonyl (C=O) groups excluding carboxylic acids is 1. The number of carbonyl (C=O) groups is 2. The van der Waals surface area contributed by atoms with Crippen molar-refractivity contribution in [3.63, 3.8) is 0 Å². The van der Waals surface area contributed by atoms with Gasteiger partial charge in [-0.1, -0.05) is 18.2 Å². The van der Waals surface area contributed by atoms with Gasteiger partial charge in [-0.15, -0.1) is 0 Å². The Morgan fingerprint density at radius 3 is 2.58 bits per heavy atom. The summed E-state index contributed by atoms with van der Waals surface area (Å²) in [6.07, 6.45) is 1.71. The standard InChI is InChI=1S/C14H16FNO3/c1-9(14(18)19)13(17)16(11-6-7-11)8-10-4-2-3-5-12(10)15/h2-5,9,11H,6-8H2,1H3,(H,18,19). The van der Waals surface area contributed by atoms with E-state index in [0.717, 1.165) is 12.8 Å². The van der Waals surface area contributed by atoms with Crippen molar-refractivity contribution in [1.82, 2.24) is 4.90 Å². The summed E-state index contributed by atoms with van der Waals surface area (Å²) in [5, 5.41) is 8.90. The molecule has 1 atom stereocenters. The van der Waals surface area contributed by atoms with Crippen LogP contribution >= 0.6 is 0 Å². The highest BCUT2D eigenvalue weighted by molar-refractivity contribution is 5.96. The van der Waals surface area contributed by atoms with Gasteiger partial charge >= 0.3 is 5.97 Å². The van der Waals surface area contributed by atoms with Gasteiger partial charge in [-0.2, -0.15) is 0 Å². The number of carboxylic acid groups (broad SMARTS) is 1. The third kappa shape index (κ3) is 3.10. The number of nitrogens with zero attached hydrogens (tertiary/aromatic N) is 1. The molecule has 0 saturated heterocycles. The molecule has 1 aliphatic carbocycles. The fourth-order valence-electron chi connectivity index (χ4n) is 1.94. The molecule has 1 unspecified atom stereocenters. The molecule has 0 spiro atoms. The number of rotatable bonds is 5. The lowest BCUT2D eigenvalue weighted by molar-refractivity contribution is -0.150. The molecule has 1 fully saturated rings. The van der Waals surface area contributed by atoms with E-state index in [9.17, 15) is 14.0 Å². The van der Waals surface area contributed by atoms with Crippen LogP contribution in [0.15, 0.2) is 24.3 Å². The SMILES string of the molecule is CC(C(=O)O)C(=O)N(Cc1ccccc1F)C1CC1. The van der Waals surface area contributed by atoms with Gasteiger partial charge in [0.15, 0.2) is 0 Å². The first-order chi connectivity index (χ1) is 9.00. The average Bonchev–Trinajstić information content (AvgIpc) is 3.20. The van der Waals surface area contributed by atoms with Crippen molar-refractivity contribution in [2.45, 2.75) is 32.4 Å². The van der Waals surface area contributed by atoms with Crippen LogP contribution in [-0.4, -0.2) is 27.9 Å². The molecule has 4 nitrogen and oxygen atoms in total. The van der Waals surface area contributed by atoms with Crippen molar-refractivity contribution in [3.05, 3.63) is 35.6 Å². The highest BCUT2D eigenvalue weighted by Crippen LogP contribution is 2.30. The summed E-state index contributed by atoms with van der Waals surface area (Å²) in [5.41, 5.74) is 0.417. The van der Waals surface area contributed by atoms with E-state index in [1.54, 1.807) is 18.2 Å². The molecule has 0 radical (unpaired) electrons. The maximum absolute atomic E-state index is 13.6. The van der Waals surface area contributed by atoms with Gasteiger partial charge in [-0.25, -0.2) is 4.39 Å².